The Balaban J connectivity index is 2.84. The number of hydrogen-bond acceptors (Lipinski definition) is 4. The summed E-state index contributed by atoms with van der Waals surface area (Å²) < 4.78 is 0. The molecule has 0 aromatic rings. The molecule has 1 aliphatic rings. The fourth-order valence-electron chi connectivity index (χ4n) is 1.28. The van der Waals surface area contributed by atoms with Crippen molar-refractivity contribution in [2.45, 2.75) is 13.0 Å². The molecule has 0 radical (unpaired) electrons. The Morgan fingerprint density at radius 1 is 1.64 bits per heavy atom. The molecule has 1 unspecified atom stereocenters. The van der Waals surface area contributed by atoms with Gasteiger partial charge in [0.25, 0.3) is 0 Å². The highest BCUT2D eigenvalue weighted by Gasteiger charge is 2.24. The third-order valence-corrected chi connectivity index (χ3v) is 2.16. The number of nitrogens with zero attached hydrogens (tertiary/aromatic N) is 1. The minimum atomic E-state index is -0.987. The minimum absolute atomic E-state index is 0.0929. The van der Waals surface area contributed by atoms with Crippen molar-refractivity contribution < 1.29 is 20.1 Å². The van der Waals surface area contributed by atoms with E-state index < -0.39 is 12.0 Å². The summed E-state index contributed by atoms with van der Waals surface area (Å²) >= 11 is 0. The van der Waals surface area contributed by atoms with Crippen molar-refractivity contribution in [1.29, 1.82) is 0 Å². The zero-order chi connectivity index (χ0) is 10.7. The highest BCUT2D eigenvalue weighted by atomic mass is 16.4. The van der Waals surface area contributed by atoms with Crippen molar-refractivity contribution in [2.75, 3.05) is 13.2 Å². The van der Waals surface area contributed by atoms with Gasteiger partial charge < -0.3 is 20.2 Å². The summed E-state index contributed by atoms with van der Waals surface area (Å²) in [6.07, 6.45) is 2.97. The molecule has 5 nitrogen and oxygen atoms in total. The fourth-order valence-corrected chi connectivity index (χ4v) is 1.28. The average molecular weight is 199 g/mol. The summed E-state index contributed by atoms with van der Waals surface area (Å²) in [6, 6.07) is -0.760. The van der Waals surface area contributed by atoms with Crippen LogP contribution >= 0.6 is 0 Å². The molecule has 0 aliphatic carbocycles. The molecule has 0 amide bonds. The first-order chi connectivity index (χ1) is 6.56. The van der Waals surface area contributed by atoms with Crippen LogP contribution in [0.15, 0.2) is 23.6 Å². The number of carboxylic acid groups (broad SMARTS) is 1. The molecular formula is C9H13NO4. The lowest BCUT2D eigenvalue weighted by Crippen LogP contribution is -2.41. The Labute approximate surface area is 81.6 Å². The van der Waals surface area contributed by atoms with Gasteiger partial charge in [-0.1, -0.05) is 0 Å². The van der Waals surface area contributed by atoms with Crippen molar-refractivity contribution in [3.8, 4) is 0 Å². The molecule has 0 aromatic heterocycles. The number of hydrogen-bond donors (Lipinski definition) is 3. The van der Waals surface area contributed by atoms with Crippen LogP contribution in [0.4, 0.5) is 0 Å². The van der Waals surface area contributed by atoms with Crippen molar-refractivity contribution in [2.24, 2.45) is 0 Å². The second-order valence-electron chi connectivity index (χ2n) is 3.12. The number of rotatable bonds is 3. The van der Waals surface area contributed by atoms with Gasteiger partial charge in [0.05, 0.1) is 13.2 Å². The summed E-state index contributed by atoms with van der Waals surface area (Å²) in [5.41, 5.74) is 0.498. The van der Waals surface area contributed by atoms with Gasteiger partial charge in [0.2, 0.25) is 0 Å². The van der Waals surface area contributed by atoms with Crippen LogP contribution in [-0.4, -0.2) is 45.4 Å². The quantitative estimate of drug-likeness (QED) is 0.600. The zero-order valence-electron chi connectivity index (χ0n) is 7.84. The molecule has 0 spiro atoms. The van der Waals surface area contributed by atoms with Crippen molar-refractivity contribution in [1.82, 2.24) is 4.90 Å². The first-order valence-electron chi connectivity index (χ1n) is 4.25. The molecule has 14 heavy (non-hydrogen) atoms. The van der Waals surface area contributed by atoms with E-state index in [-0.39, 0.29) is 18.9 Å². The van der Waals surface area contributed by atoms with E-state index in [1.165, 1.54) is 24.0 Å². The molecule has 0 bridgehead atoms. The van der Waals surface area contributed by atoms with E-state index >= 15 is 0 Å². The van der Waals surface area contributed by atoms with Crippen LogP contribution in [0.1, 0.15) is 6.92 Å². The number of aliphatic carboxylic acids is 1. The molecule has 1 aliphatic heterocycles. The largest absolute Gasteiger partial charge is 0.510 e. The first-order valence-corrected chi connectivity index (χ1v) is 4.25. The highest BCUT2D eigenvalue weighted by molar-refractivity contribution is 5.73. The molecule has 0 aromatic carbocycles. The Morgan fingerprint density at radius 2 is 2.29 bits per heavy atom. The standard InChI is InChI=1S/C9H13NO4/c1-6(9(13)14)10-4-8(12)3-2-7(10)5-11/h2-3,6,11-12H,4-5H2,1H3,(H,13,14). The first kappa shape index (κ1) is 10.6. The summed E-state index contributed by atoms with van der Waals surface area (Å²) in [5, 5.41) is 27.0. The highest BCUT2D eigenvalue weighted by Crippen LogP contribution is 2.16. The topological polar surface area (TPSA) is 81.0 Å². The summed E-state index contributed by atoms with van der Waals surface area (Å²) in [4.78, 5) is 12.2. The molecule has 1 heterocycles. The second-order valence-corrected chi connectivity index (χ2v) is 3.12. The smallest absolute Gasteiger partial charge is 0.326 e. The van der Waals surface area contributed by atoms with Gasteiger partial charge in [-0.2, -0.15) is 0 Å². The van der Waals surface area contributed by atoms with Crippen LogP contribution in [0.2, 0.25) is 0 Å². The van der Waals surface area contributed by atoms with Gasteiger partial charge in [-0.05, 0) is 19.1 Å². The van der Waals surface area contributed by atoms with Crippen LogP contribution < -0.4 is 0 Å². The van der Waals surface area contributed by atoms with E-state index in [9.17, 15) is 9.90 Å². The SMILES string of the molecule is CC(C(=O)O)N1CC(O)=CC=C1CO. The Morgan fingerprint density at radius 3 is 2.79 bits per heavy atom. The predicted molar refractivity (Wildman–Crippen MR) is 49.7 cm³/mol. The number of carbonyl (C=O) groups is 1. The number of allylic oxidation sites excluding steroid dienone is 2. The van der Waals surface area contributed by atoms with Crippen LogP contribution in [0.3, 0.4) is 0 Å². The van der Waals surface area contributed by atoms with Crippen LogP contribution in [-0.2, 0) is 4.79 Å². The lowest BCUT2D eigenvalue weighted by molar-refractivity contribution is -0.141. The van der Waals surface area contributed by atoms with Gasteiger partial charge in [0.15, 0.2) is 0 Å². The van der Waals surface area contributed by atoms with Crippen LogP contribution in [0.25, 0.3) is 0 Å². The Hall–Kier alpha value is -1.49. The summed E-state index contributed by atoms with van der Waals surface area (Å²) in [5.74, 6) is -0.894. The van der Waals surface area contributed by atoms with E-state index in [1.54, 1.807) is 0 Å². The summed E-state index contributed by atoms with van der Waals surface area (Å²) in [7, 11) is 0. The molecule has 0 saturated heterocycles. The van der Waals surface area contributed by atoms with Gasteiger partial charge >= 0.3 is 5.97 Å². The number of carboxylic acids is 1. The molecule has 78 valence electrons. The molecular weight excluding hydrogens is 186 g/mol. The average Bonchev–Trinajstić information content (AvgIpc) is 2.16. The van der Waals surface area contributed by atoms with Gasteiger partial charge in [-0.15, -0.1) is 0 Å². The molecule has 1 atom stereocenters. The molecule has 0 fully saturated rings. The van der Waals surface area contributed by atoms with Crippen LogP contribution in [0.5, 0.6) is 0 Å². The molecule has 0 saturated carbocycles. The number of aliphatic hydroxyl groups excluding tert-OH is 2. The molecule has 3 N–H and O–H groups in total. The molecule has 5 heteroatoms. The van der Waals surface area contributed by atoms with E-state index in [4.69, 9.17) is 10.2 Å². The monoisotopic (exact) mass is 199 g/mol. The second kappa shape index (κ2) is 4.15. The maximum absolute atomic E-state index is 10.7. The minimum Gasteiger partial charge on any atom is -0.510 e. The van der Waals surface area contributed by atoms with E-state index in [0.717, 1.165) is 0 Å². The third kappa shape index (κ3) is 2.05. The lowest BCUT2D eigenvalue weighted by Gasteiger charge is -2.31. The summed E-state index contributed by atoms with van der Waals surface area (Å²) in [6.45, 7) is 1.39. The van der Waals surface area contributed by atoms with Crippen molar-refractivity contribution in [3.63, 3.8) is 0 Å². The predicted octanol–water partition coefficient (Wildman–Crippen LogP) is 0.0932. The maximum atomic E-state index is 10.7. The van der Waals surface area contributed by atoms with Gasteiger partial charge in [-0.3, -0.25) is 0 Å². The van der Waals surface area contributed by atoms with Crippen molar-refractivity contribution in [3.05, 3.63) is 23.6 Å². The lowest BCUT2D eigenvalue weighted by atomic mass is 10.1. The van der Waals surface area contributed by atoms with Crippen molar-refractivity contribution >= 4 is 5.97 Å². The zero-order valence-corrected chi connectivity index (χ0v) is 7.84. The third-order valence-electron chi connectivity index (χ3n) is 2.16. The van der Waals surface area contributed by atoms with E-state index in [1.807, 2.05) is 0 Å². The van der Waals surface area contributed by atoms with Crippen LogP contribution in [0, 0.1) is 0 Å². The van der Waals surface area contributed by atoms with Gasteiger partial charge in [0, 0.05) is 5.70 Å². The van der Waals surface area contributed by atoms with E-state index in [2.05, 4.69) is 0 Å². The number of aliphatic hydroxyl groups is 2. The normalized spacial score (nSPS) is 18.6. The fraction of sp³-hybridized carbons (Fsp3) is 0.444. The van der Waals surface area contributed by atoms with E-state index in [0.29, 0.717) is 5.70 Å². The Bertz CT molecular complexity index is 295. The maximum Gasteiger partial charge on any atom is 0.326 e. The van der Waals surface area contributed by atoms with Gasteiger partial charge in [-0.25, -0.2) is 4.79 Å². The Kier molecular flexibility index (Phi) is 3.14. The molecule has 1 rings (SSSR count). The van der Waals surface area contributed by atoms with Gasteiger partial charge in [0.1, 0.15) is 11.8 Å².